The van der Waals surface area contributed by atoms with Gasteiger partial charge in [-0.15, -0.1) is 0 Å². The van der Waals surface area contributed by atoms with E-state index in [2.05, 4.69) is 32.3 Å². The summed E-state index contributed by atoms with van der Waals surface area (Å²) in [5.74, 6) is 0.960. The SMILES string of the molecule is C=C1CCC2C3COCOC3CCC2(C)C1CCOc1ccnc(C(=O)O)c1.CCC. The second-order valence-corrected chi connectivity index (χ2v) is 9.28. The molecule has 3 fully saturated rings. The zero-order valence-electron chi connectivity index (χ0n) is 19.1. The number of rotatable bonds is 5. The molecule has 1 aliphatic heterocycles. The third kappa shape index (κ3) is 5.29. The first-order chi connectivity index (χ1) is 14.9. The molecular formula is C25H37NO5. The number of allylic oxidation sites excluding steroid dienone is 1. The van der Waals surface area contributed by atoms with Gasteiger partial charge < -0.3 is 19.3 Å². The summed E-state index contributed by atoms with van der Waals surface area (Å²) in [6.07, 6.45) is 8.37. The van der Waals surface area contributed by atoms with Crippen molar-refractivity contribution in [1.82, 2.24) is 4.98 Å². The lowest BCUT2D eigenvalue weighted by molar-refractivity contribution is -0.218. The van der Waals surface area contributed by atoms with Crippen LogP contribution < -0.4 is 4.74 Å². The number of carboxylic acids is 1. The second kappa shape index (κ2) is 10.6. The van der Waals surface area contributed by atoms with Crippen molar-refractivity contribution in [2.24, 2.45) is 23.2 Å². The van der Waals surface area contributed by atoms with E-state index in [1.54, 1.807) is 6.07 Å². The Morgan fingerprint density at radius 1 is 1.39 bits per heavy atom. The van der Waals surface area contributed by atoms with Crippen LogP contribution in [0.1, 0.15) is 69.8 Å². The van der Waals surface area contributed by atoms with Crippen LogP contribution in [0.25, 0.3) is 0 Å². The molecule has 5 atom stereocenters. The third-order valence-electron chi connectivity index (χ3n) is 7.18. The lowest BCUT2D eigenvalue weighted by Gasteiger charge is -2.57. The van der Waals surface area contributed by atoms with E-state index in [0.29, 0.717) is 43.0 Å². The number of carboxylic acid groups (broad SMARTS) is 1. The highest BCUT2D eigenvalue weighted by atomic mass is 16.7. The Hall–Kier alpha value is -1.92. The molecule has 2 saturated carbocycles. The molecular weight excluding hydrogens is 394 g/mol. The van der Waals surface area contributed by atoms with Gasteiger partial charge >= 0.3 is 5.97 Å². The van der Waals surface area contributed by atoms with Crippen LogP contribution in [-0.4, -0.2) is 42.2 Å². The van der Waals surface area contributed by atoms with Gasteiger partial charge in [-0.2, -0.15) is 0 Å². The number of pyridine rings is 1. The number of hydrogen-bond acceptors (Lipinski definition) is 5. The van der Waals surface area contributed by atoms with Crippen molar-refractivity contribution in [3.05, 3.63) is 36.2 Å². The minimum atomic E-state index is -1.05. The maximum atomic E-state index is 11.1. The topological polar surface area (TPSA) is 77.9 Å². The zero-order valence-corrected chi connectivity index (χ0v) is 19.1. The standard InChI is InChI=1S/C22H29NO5.C3H8/c1-14-3-4-18-16-12-26-13-28-20(16)5-8-22(18,2)17(14)7-10-27-15-6-9-23-19(11-15)21(24)25;1-3-2/h6,9,11,16-18,20H,1,3-5,7-8,10,12-13H2,2H3,(H,24,25);3H2,1-2H3. The average Bonchev–Trinajstić information content (AvgIpc) is 2.76. The molecule has 6 heteroatoms. The van der Waals surface area contributed by atoms with Crippen molar-refractivity contribution < 1.29 is 24.1 Å². The molecule has 2 heterocycles. The number of fused-ring (bicyclic) bond motifs is 3. The first-order valence-electron chi connectivity index (χ1n) is 11.6. The minimum Gasteiger partial charge on any atom is -0.493 e. The van der Waals surface area contributed by atoms with E-state index in [-0.39, 0.29) is 11.1 Å². The largest absolute Gasteiger partial charge is 0.493 e. The molecule has 1 aromatic rings. The van der Waals surface area contributed by atoms with E-state index in [9.17, 15) is 4.79 Å². The Labute approximate surface area is 186 Å². The molecule has 1 N–H and O–H groups in total. The van der Waals surface area contributed by atoms with Crippen LogP contribution in [0, 0.1) is 23.2 Å². The van der Waals surface area contributed by atoms with E-state index in [1.807, 2.05) is 0 Å². The number of carbonyl (C=O) groups is 1. The summed E-state index contributed by atoms with van der Waals surface area (Å²) < 4.78 is 17.4. The van der Waals surface area contributed by atoms with Crippen molar-refractivity contribution in [2.45, 2.75) is 65.4 Å². The molecule has 1 aromatic heterocycles. The Kier molecular flexibility index (Phi) is 8.11. The van der Waals surface area contributed by atoms with Gasteiger partial charge in [-0.3, -0.25) is 0 Å². The van der Waals surface area contributed by atoms with Gasteiger partial charge in [-0.1, -0.05) is 39.3 Å². The molecule has 2 aliphatic carbocycles. The Bertz CT molecular complexity index is 766. The fourth-order valence-corrected chi connectivity index (χ4v) is 5.76. The van der Waals surface area contributed by atoms with Gasteiger partial charge in [-0.25, -0.2) is 9.78 Å². The number of hydrogen-bond donors (Lipinski definition) is 1. The van der Waals surface area contributed by atoms with Crippen molar-refractivity contribution >= 4 is 5.97 Å². The highest BCUT2D eigenvalue weighted by Gasteiger charge is 2.53. The van der Waals surface area contributed by atoms with Gasteiger partial charge in [0.2, 0.25) is 0 Å². The summed E-state index contributed by atoms with van der Waals surface area (Å²) in [5.41, 5.74) is 1.51. The van der Waals surface area contributed by atoms with Crippen LogP contribution in [0.3, 0.4) is 0 Å². The lowest BCUT2D eigenvalue weighted by Crippen LogP contribution is -2.54. The van der Waals surface area contributed by atoms with Crippen LogP contribution in [-0.2, 0) is 9.47 Å². The monoisotopic (exact) mass is 431 g/mol. The van der Waals surface area contributed by atoms with E-state index in [4.69, 9.17) is 19.3 Å². The van der Waals surface area contributed by atoms with Gasteiger partial charge in [0.1, 0.15) is 12.5 Å². The van der Waals surface area contributed by atoms with Gasteiger partial charge in [0.25, 0.3) is 0 Å². The van der Waals surface area contributed by atoms with Crippen molar-refractivity contribution in [2.75, 3.05) is 20.0 Å². The van der Waals surface area contributed by atoms with Crippen LogP contribution in [0.4, 0.5) is 0 Å². The van der Waals surface area contributed by atoms with Crippen molar-refractivity contribution in [3.63, 3.8) is 0 Å². The summed E-state index contributed by atoms with van der Waals surface area (Å²) in [4.78, 5) is 14.9. The summed E-state index contributed by atoms with van der Waals surface area (Å²) in [5, 5.41) is 9.08. The molecule has 0 amide bonds. The highest BCUT2D eigenvalue weighted by Crippen LogP contribution is 2.58. The first-order valence-corrected chi connectivity index (χ1v) is 11.6. The van der Waals surface area contributed by atoms with E-state index in [0.717, 1.165) is 38.7 Å². The lowest BCUT2D eigenvalue weighted by atomic mass is 9.50. The summed E-state index contributed by atoms with van der Waals surface area (Å²) in [6, 6.07) is 3.18. The number of ether oxygens (including phenoxy) is 3. The van der Waals surface area contributed by atoms with E-state index >= 15 is 0 Å². The third-order valence-corrected chi connectivity index (χ3v) is 7.18. The summed E-state index contributed by atoms with van der Waals surface area (Å²) in [6.45, 7) is 12.8. The maximum Gasteiger partial charge on any atom is 0.354 e. The minimum absolute atomic E-state index is 0.00206. The summed E-state index contributed by atoms with van der Waals surface area (Å²) >= 11 is 0. The van der Waals surface area contributed by atoms with Gasteiger partial charge in [-0.05, 0) is 55.4 Å². The van der Waals surface area contributed by atoms with Gasteiger partial charge in [0.05, 0.1) is 19.3 Å². The molecule has 0 bridgehead atoms. The van der Waals surface area contributed by atoms with Crippen LogP contribution in [0.2, 0.25) is 0 Å². The number of nitrogens with zero attached hydrogens (tertiary/aromatic N) is 1. The van der Waals surface area contributed by atoms with Crippen LogP contribution >= 0.6 is 0 Å². The van der Waals surface area contributed by atoms with Crippen LogP contribution in [0.5, 0.6) is 5.75 Å². The normalized spacial score (nSPS) is 32.2. The molecule has 0 spiro atoms. The molecule has 6 nitrogen and oxygen atoms in total. The number of aromatic nitrogens is 1. The Morgan fingerprint density at radius 2 is 2.16 bits per heavy atom. The smallest absolute Gasteiger partial charge is 0.354 e. The van der Waals surface area contributed by atoms with E-state index in [1.165, 1.54) is 24.3 Å². The molecule has 31 heavy (non-hydrogen) atoms. The fraction of sp³-hybridized carbons (Fsp3) is 0.680. The maximum absolute atomic E-state index is 11.1. The van der Waals surface area contributed by atoms with Crippen LogP contribution in [0.15, 0.2) is 30.5 Å². The highest BCUT2D eigenvalue weighted by molar-refractivity contribution is 5.85. The molecule has 0 radical (unpaired) electrons. The quantitative estimate of drug-likeness (QED) is 0.634. The first kappa shape index (κ1) is 23.7. The summed E-state index contributed by atoms with van der Waals surface area (Å²) in [7, 11) is 0. The predicted octanol–water partition coefficient (Wildman–Crippen LogP) is 5.34. The number of aromatic carboxylic acids is 1. The average molecular weight is 432 g/mol. The van der Waals surface area contributed by atoms with Gasteiger partial charge in [0.15, 0.2) is 5.69 Å². The van der Waals surface area contributed by atoms with Gasteiger partial charge in [0, 0.05) is 18.2 Å². The molecule has 1 saturated heterocycles. The van der Waals surface area contributed by atoms with Crippen molar-refractivity contribution in [1.29, 1.82) is 0 Å². The van der Waals surface area contributed by atoms with E-state index < -0.39 is 5.97 Å². The Balaban J connectivity index is 0.000000858. The predicted molar refractivity (Wildman–Crippen MR) is 119 cm³/mol. The molecule has 172 valence electrons. The fourth-order valence-electron chi connectivity index (χ4n) is 5.76. The van der Waals surface area contributed by atoms with Crippen molar-refractivity contribution in [3.8, 4) is 5.75 Å². The Morgan fingerprint density at radius 3 is 2.90 bits per heavy atom. The molecule has 5 unspecified atom stereocenters. The second-order valence-electron chi connectivity index (χ2n) is 9.28. The molecule has 4 rings (SSSR count). The zero-order chi connectivity index (χ0) is 22.4. The molecule has 3 aliphatic rings. The molecule has 0 aromatic carbocycles.